The third-order valence-electron chi connectivity index (χ3n) is 5.09. The Labute approximate surface area is 126 Å². The lowest BCUT2D eigenvalue weighted by molar-refractivity contribution is -0.0446. The topological polar surface area (TPSA) is 34.6 Å². The number of likely N-dealkylation sites (tertiary alicyclic amines) is 1. The quantitative estimate of drug-likeness (QED) is 0.852. The molecule has 3 fully saturated rings. The van der Waals surface area contributed by atoms with Gasteiger partial charge in [0, 0.05) is 32.3 Å². The van der Waals surface area contributed by atoms with E-state index in [0.29, 0.717) is 0 Å². The Balaban J connectivity index is 1.29. The number of piperidine rings is 1. The van der Waals surface area contributed by atoms with Crippen LogP contribution in [0.25, 0.3) is 0 Å². The highest BCUT2D eigenvalue weighted by Gasteiger charge is 2.44. The van der Waals surface area contributed by atoms with Crippen LogP contribution in [0.2, 0.25) is 0 Å². The van der Waals surface area contributed by atoms with Gasteiger partial charge in [-0.15, -0.1) is 0 Å². The van der Waals surface area contributed by atoms with Gasteiger partial charge in [0.05, 0.1) is 18.4 Å². The van der Waals surface area contributed by atoms with Crippen molar-refractivity contribution in [1.82, 2.24) is 9.88 Å². The van der Waals surface area contributed by atoms with Gasteiger partial charge in [-0.05, 0) is 43.7 Å². The molecule has 0 aromatic carbocycles. The Hall–Kier alpha value is -1.13. The second-order valence-corrected chi connectivity index (χ2v) is 6.87. The van der Waals surface area contributed by atoms with E-state index in [0.717, 1.165) is 37.5 Å². The first-order valence-corrected chi connectivity index (χ1v) is 8.24. The van der Waals surface area contributed by atoms with E-state index < -0.39 is 0 Å². The van der Waals surface area contributed by atoms with Crippen LogP contribution < -0.4 is 4.74 Å². The summed E-state index contributed by atoms with van der Waals surface area (Å²) in [5, 5.41) is 0. The number of pyridine rings is 1. The Kier molecular flexibility index (Phi) is 3.59. The minimum absolute atomic E-state index is 0.0763. The average molecular weight is 288 g/mol. The van der Waals surface area contributed by atoms with Crippen LogP contribution in [0.5, 0.6) is 5.75 Å². The monoisotopic (exact) mass is 288 g/mol. The van der Waals surface area contributed by atoms with Gasteiger partial charge >= 0.3 is 0 Å². The van der Waals surface area contributed by atoms with E-state index in [4.69, 9.17) is 9.47 Å². The molecule has 1 spiro atoms. The summed E-state index contributed by atoms with van der Waals surface area (Å²) in [4.78, 5) is 6.73. The lowest BCUT2D eigenvalue weighted by Gasteiger charge is -2.38. The van der Waals surface area contributed by atoms with E-state index in [1.54, 1.807) is 12.4 Å². The van der Waals surface area contributed by atoms with Crippen molar-refractivity contribution >= 4 is 0 Å². The van der Waals surface area contributed by atoms with Crippen molar-refractivity contribution in [3.05, 3.63) is 24.5 Å². The Morgan fingerprint density at radius 3 is 2.90 bits per heavy atom. The molecule has 0 radical (unpaired) electrons. The highest BCUT2D eigenvalue weighted by molar-refractivity contribution is 5.16. The first kappa shape index (κ1) is 13.5. The Morgan fingerprint density at radius 2 is 2.19 bits per heavy atom. The summed E-state index contributed by atoms with van der Waals surface area (Å²) in [6.45, 7) is 4.41. The van der Waals surface area contributed by atoms with Gasteiger partial charge < -0.3 is 14.4 Å². The molecule has 3 heterocycles. The SMILES string of the molecule is c1cncc(OC2COC3(CCN(CC4CC4)CC3)C2)c1. The van der Waals surface area contributed by atoms with E-state index in [1.165, 1.54) is 32.5 Å². The molecule has 1 aliphatic carbocycles. The van der Waals surface area contributed by atoms with Gasteiger partial charge in [-0.2, -0.15) is 0 Å². The Morgan fingerprint density at radius 1 is 1.33 bits per heavy atom. The average Bonchev–Trinajstić information content (AvgIpc) is 3.25. The van der Waals surface area contributed by atoms with Crippen LogP contribution in [0.3, 0.4) is 0 Å². The predicted molar refractivity (Wildman–Crippen MR) is 80.4 cm³/mol. The number of aromatic nitrogens is 1. The maximum Gasteiger partial charge on any atom is 0.138 e. The second-order valence-electron chi connectivity index (χ2n) is 6.87. The summed E-state index contributed by atoms with van der Waals surface area (Å²) in [7, 11) is 0. The molecule has 3 aliphatic rings. The van der Waals surface area contributed by atoms with Crippen LogP contribution >= 0.6 is 0 Å². The molecule has 0 amide bonds. The third-order valence-corrected chi connectivity index (χ3v) is 5.09. The minimum atomic E-state index is 0.0763. The molecule has 1 atom stereocenters. The molecule has 4 nitrogen and oxygen atoms in total. The zero-order valence-corrected chi connectivity index (χ0v) is 12.5. The fourth-order valence-electron chi connectivity index (χ4n) is 3.64. The second kappa shape index (κ2) is 5.58. The van der Waals surface area contributed by atoms with Crippen molar-refractivity contribution < 1.29 is 9.47 Å². The fraction of sp³-hybridized carbons (Fsp3) is 0.706. The summed E-state index contributed by atoms with van der Waals surface area (Å²) >= 11 is 0. The largest absolute Gasteiger partial charge is 0.486 e. The minimum Gasteiger partial charge on any atom is -0.486 e. The van der Waals surface area contributed by atoms with Crippen LogP contribution in [-0.4, -0.2) is 47.8 Å². The molecular weight excluding hydrogens is 264 g/mol. The van der Waals surface area contributed by atoms with Crippen LogP contribution in [0.15, 0.2) is 24.5 Å². The lowest BCUT2D eigenvalue weighted by Crippen LogP contribution is -2.45. The van der Waals surface area contributed by atoms with Crippen LogP contribution in [0, 0.1) is 5.92 Å². The van der Waals surface area contributed by atoms with E-state index in [2.05, 4.69) is 9.88 Å². The summed E-state index contributed by atoms with van der Waals surface area (Å²) in [6, 6.07) is 3.88. The number of nitrogens with zero attached hydrogens (tertiary/aromatic N) is 2. The smallest absolute Gasteiger partial charge is 0.138 e. The van der Waals surface area contributed by atoms with Crippen molar-refractivity contribution in [2.45, 2.75) is 43.8 Å². The van der Waals surface area contributed by atoms with Crippen LogP contribution in [-0.2, 0) is 4.74 Å². The first-order valence-electron chi connectivity index (χ1n) is 8.24. The van der Waals surface area contributed by atoms with Gasteiger partial charge in [0.25, 0.3) is 0 Å². The molecule has 1 aromatic rings. The molecule has 1 aromatic heterocycles. The lowest BCUT2D eigenvalue weighted by atomic mass is 9.88. The van der Waals surface area contributed by atoms with Crippen molar-refractivity contribution in [2.75, 3.05) is 26.2 Å². The molecule has 1 unspecified atom stereocenters. The summed E-state index contributed by atoms with van der Waals surface area (Å²) in [5.41, 5.74) is 0.0763. The molecule has 4 heteroatoms. The van der Waals surface area contributed by atoms with Gasteiger partial charge in [0.15, 0.2) is 0 Å². The van der Waals surface area contributed by atoms with Gasteiger partial charge in [-0.25, -0.2) is 0 Å². The maximum absolute atomic E-state index is 6.16. The highest BCUT2D eigenvalue weighted by atomic mass is 16.6. The summed E-state index contributed by atoms with van der Waals surface area (Å²) < 4.78 is 12.2. The third kappa shape index (κ3) is 3.22. The summed E-state index contributed by atoms with van der Waals surface area (Å²) in [6.07, 6.45) is 9.97. The maximum atomic E-state index is 6.16. The molecule has 0 bridgehead atoms. The molecule has 4 rings (SSSR count). The molecule has 2 saturated heterocycles. The zero-order chi connectivity index (χ0) is 14.1. The highest BCUT2D eigenvalue weighted by Crippen LogP contribution is 2.38. The number of ether oxygens (including phenoxy) is 2. The predicted octanol–water partition coefficient (Wildman–Crippen LogP) is 2.49. The normalized spacial score (nSPS) is 28.9. The standard InChI is InChI=1S/C17H24N2O2/c1-2-15(11-18-7-1)21-16-10-17(20-13-16)5-8-19(9-6-17)12-14-3-4-14/h1-2,7,11,14,16H,3-6,8-10,12-13H2. The summed E-state index contributed by atoms with van der Waals surface area (Å²) in [5.74, 6) is 1.85. The molecule has 0 N–H and O–H groups in total. The number of hydrogen-bond donors (Lipinski definition) is 0. The zero-order valence-electron chi connectivity index (χ0n) is 12.5. The van der Waals surface area contributed by atoms with Gasteiger partial charge in [-0.3, -0.25) is 4.98 Å². The van der Waals surface area contributed by atoms with Crippen LogP contribution in [0.4, 0.5) is 0 Å². The number of rotatable bonds is 4. The van der Waals surface area contributed by atoms with Crippen molar-refractivity contribution in [1.29, 1.82) is 0 Å². The van der Waals surface area contributed by atoms with Crippen molar-refractivity contribution in [3.63, 3.8) is 0 Å². The first-order chi connectivity index (χ1) is 10.3. The van der Waals surface area contributed by atoms with Gasteiger partial charge in [0.1, 0.15) is 11.9 Å². The van der Waals surface area contributed by atoms with E-state index in [-0.39, 0.29) is 11.7 Å². The molecule has 114 valence electrons. The van der Waals surface area contributed by atoms with Gasteiger partial charge in [-0.1, -0.05) is 0 Å². The molecule has 1 saturated carbocycles. The number of hydrogen-bond acceptors (Lipinski definition) is 4. The van der Waals surface area contributed by atoms with Crippen molar-refractivity contribution in [2.24, 2.45) is 5.92 Å². The Bertz CT molecular complexity index is 467. The molecule has 2 aliphatic heterocycles. The van der Waals surface area contributed by atoms with E-state index in [9.17, 15) is 0 Å². The van der Waals surface area contributed by atoms with Crippen molar-refractivity contribution in [3.8, 4) is 5.75 Å². The fourth-order valence-corrected chi connectivity index (χ4v) is 3.64. The molecular formula is C17H24N2O2. The van der Waals surface area contributed by atoms with Gasteiger partial charge in [0.2, 0.25) is 0 Å². The van der Waals surface area contributed by atoms with E-state index in [1.807, 2.05) is 12.1 Å². The van der Waals surface area contributed by atoms with E-state index >= 15 is 0 Å². The van der Waals surface area contributed by atoms with Crippen LogP contribution in [0.1, 0.15) is 32.1 Å². The molecule has 21 heavy (non-hydrogen) atoms.